The summed E-state index contributed by atoms with van der Waals surface area (Å²) in [4.78, 5) is 13.8. The van der Waals surface area contributed by atoms with Crippen molar-refractivity contribution in [1.29, 1.82) is 0 Å². The fourth-order valence-electron chi connectivity index (χ4n) is 4.67. The highest BCUT2D eigenvalue weighted by atomic mass is 19.3. The molecule has 0 aromatic heterocycles. The molecule has 7 nitrogen and oxygen atoms in total. The van der Waals surface area contributed by atoms with Crippen LogP contribution in [0.25, 0.3) is 11.4 Å². The van der Waals surface area contributed by atoms with Gasteiger partial charge in [0.15, 0.2) is 17.1 Å². The first kappa shape index (κ1) is 23.6. The Hall–Kier alpha value is -3.14. The molecule has 1 saturated heterocycles. The number of aryl methyl sites for hydroxylation is 1. The number of fused-ring (bicyclic) bond motifs is 3. The molecule has 0 saturated carbocycles. The first-order chi connectivity index (χ1) is 16.8. The summed E-state index contributed by atoms with van der Waals surface area (Å²) in [5.41, 5.74) is 0.110. The summed E-state index contributed by atoms with van der Waals surface area (Å²) in [5.74, 6) is 1.77. The van der Waals surface area contributed by atoms with Crippen LogP contribution in [0.5, 0.6) is 5.75 Å². The van der Waals surface area contributed by atoms with Crippen LogP contribution in [0.1, 0.15) is 56.1 Å². The van der Waals surface area contributed by atoms with E-state index in [-0.39, 0.29) is 11.2 Å². The third-order valence-electron chi connectivity index (χ3n) is 6.65. The average Bonchev–Trinajstić information content (AvgIpc) is 3.31. The maximum atomic E-state index is 14.8. The highest BCUT2D eigenvalue weighted by Gasteiger charge is 2.33. The van der Waals surface area contributed by atoms with Crippen LogP contribution in [-0.2, 0) is 11.3 Å². The van der Waals surface area contributed by atoms with E-state index < -0.39 is 23.8 Å². The van der Waals surface area contributed by atoms with Crippen LogP contribution >= 0.6 is 0 Å². The molecule has 1 unspecified atom stereocenters. The first-order valence-corrected chi connectivity index (χ1v) is 11.8. The number of halogens is 3. The molecule has 0 bridgehead atoms. The largest absolute Gasteiger partial charge is 0.484 e. The molecule has 5 rings (SSSR count). The standard InChI is InChI=1S/C25H28F3N5O2/c1-14(16-5-4-6-17(20(16)26)21(27)28)30-22-18-13-19(35-25(3)7-11-34-12-8-25)24-29-9-10-33(24)23(18)32-15(2)31-22/h4-6,13-14,21,29H,7-12H2,1-3H3. The predicted octanol–water partition coefficient (Wildman–Crippen LogP) is 4.80. The van der Waals surface area contributed by atoms with Crippen molar-refractivity contribution in [3.8, 4) is 17.1 Å². The van der Waals surface area contributed by atoms with E-state index in [1.807, 2.05) is 10.6 Å². The zero-order valence-corrected chi connectivity index (χ0v) is 19.9. The van der Waals surface area contributed by atoms with Gasteiger partial charge in [0.1, 0.15) is 23.1 Å². The molecule has 186 valence electrons. The average molecular weight is 488 g/mol. The molecule has 0 spiro atoms. The lowest BCUT2D eigenvalue weighted by Gasteiger charge is -2.35. The predicted molar refractivity (Wildman–Crippen MR) is 124 cm³/mol. The zero-order chi connectivity index (χ0) is 24.7. The van der Waals surface area contributed by atoms with E-state index in [2.05, 4.69) is 27.2 Å². The van der Waals surface area contributed by atoms with Gasteiger partial charge < -0.3 is 19.4 Å². The van der Waals surface area contributed by atoms with Crippen molar-refractivity contribution >= 4 is 5.82 Å². The van der Waals surface area contributed by atoms with Gasteiger partial charge >= 0.3 is 0 Å². The number of benzene rings is 1. The molecule has 4 heterocycles. The Bertz CT molecular complexity index is 1290. The lowest BCUT2D eigenvalue weighted by molar-refractivity contribution is -0.0341. The van der Waals surface area contributed by atoms with E-state index in [0.29, 0.717) is 48.2 Å². The summed E-state index contributed by atoms with van der Waals surface area (Å²) in [6.07, 6.45) is -1.37. The number of alkyl halides is 2. The molecule has 1 N–H and O–H groups in total. The molecular formula is C25H28F3N5O2. The van der Waals surface area contributed by atoms with Crippen LogP contribution in [0.3, 0.4) is 0 Å². The van der Waals surface area contributed by atoms with Gasteiger partial charge in [0.05, 0.1) is 30.4 Å². The Morgan fingerprint density at radius 1 is 1.20 bits per heavy atom. The summed E-state index contributed by atoms with van der Waals surface area (Å²) < 4.78 is 55.3. The SMILES string of the molecule is Cc1nc2n3c(c(OC4(C)CCOCC4)cc-2c(=NC(C)c2cccc(C(F)F)c2F)n1)NCC3. The Kier molecular flexibility index (Phi) is 6.16. The number of hydrogen-bond acceptors (Lipinski definition) is 6. The summed E-state index contributed by atoms with van der Waals surface area (Å²) in [6.45, 7) is 8.20. The minimum absolute atomic E-state index is 0.0916. The summed E-state index contributed by atoms with van der Waals surface area (Å²) >= 11 is 0. The number of nitrogens with zero attached hydrogens (tertiary/aromatic N) is 4. The van der Waals surface area contributed by atoms with Gasteiger partial charge in [0.25, 0.3) is 6.43 Å². The van der Waals surface area contributed by atoms with Crippen molar-refractivity contribution < 1.29 is 22.6 Å². The number of ether oxygens (including phenoxy) is 2. The molecule has 1 aromatic rings. The molecule has 1 fully saturated rings. The number of rotatable bonds is 5. The minimum Gasteiger partial charge on any atom is -0.484 e. The van der Waals surface area contributed by atoms with Crippen molar-refractivity contribution in [3.63, 3.8) is 0 Å². The highest BCUT2D eigenvalue weighted by Crippen LogP contribution is 2.38. The van der Waals surface area contributed by atoms with E-state index >= 15 is 0 Å². The number of anilines is 1. The van der Waals surface area contributed by atoms with Crippen LogP contribution in [0.15, 0.2) is 29.3 Å². The third-order valence-corrected chi connectivity index (χ3v) is 6.65. The zero-order valence-electron chi connectivity index (χ0n) is 19.9. The summed E-state index contributed by atoms with van der Waals surface area (Å²) in [6, 6.07) is 5.12. The summed E-state index contributed by atoms with van der Waals surface area (Å²) in [7, 11) is 0. The van der Waals surface area contributed by atoms with Crippen molar-refractivity contribution in [2.75, 3.05) is 25.1 Å². The van der Waals surface area contributed by atoms with Gasteiger partial charge in [-0.25, -0.2) is 23.1 Å². The van der Waals surface area contributed by atoms with Crippen LogP contribution in [0.2, 0.25) is 0 Å². The van der Waals surface area contributed by atoms with Crippen molar-refractivity contribution in [1.82, 2.24) is 14.5 Å². The molecule has 0 aliphatic carbocycles. The maximum absolute atomic E-state index is 14.8. The fraction of sp³-hybridized carbons (Fsp3) is 0.480. The Labute approximate surface area is 201 Å². The quantitative estimate of drug-likeness (QED) is 0.560. The second-order valence-electron chi connectivity index (χ2n) is 9.29. The van der Waals surface area contributed by atoms with Crippen molar-refractivity contribution in [2.45, 2.75) is 58.2 Å². The number of hydrogen-bond donors (Lipinski definition) is 1. The van der Waals surface area contributed by atoms with E-state index in [4.69, 9.17) is 9.47 Å². The molecule has 0 radical (unpaired) electrons. The Morgan fingerprint density at radius 2 is 1.94 bits per heavy atom. The second kappa shape index (κ2) is 9.14. The van der Waals surface area contributed by atoms with Crippen molar-refractivity contribution in [2.24, 2.45) is 4.99 Å². The van der Waals surface area contributed by atoms with Crippen LogP contribution in [0, 0.1) is 12.7 Å². The first-order valence-electron chi connectivity index (χ1n) is 11.8. The Balaban J connectivity index is 1.63. The number of nitrogens with one attached hydrogen (secondary N) is 1. The molecule has 4 aliphatic rings. The smallest absolute Gasteiger partial charge is 0.266 e. The highest BCUT2D eigenvalue weighted by molar-refractivity contribution is 5.68. The lowest BCUT2D eigenvalue weighted by Crippen LogP contribution is -2.39. The van der Waals surface area contributed by atoms with Crippen LogP contribution in [0.4, 0.5) is 19.0 Å². The van der Waals surface area contributed by atoms with E-state index in [1.165, 1.54) is 12.1 Å². The van der Waals surface area contributed by atoms with Crippen molar-refractivity contribution in [3.05, 3.63) is 52.5 Å². The third kappa shape index (κ3) is 4.47. The number of pyridine rings is 1. The maximum Gasteiger partial charge on any atom is 0.266 e. The van der Waals surface area contributed by atoms with Gasteiger partial charge in [-0.15, -0.1) is 0 Å². The van der Waals surface area contributed by atoms with E-state index in [9.17, 15) is 13.2 Å². The van der Waals surface area contributed by atoms with Gasteiger partial charge in [-0.1, -0.05) is 18.2 Å². The van der Waals surface area contributed by atoms with Gasteiger partial charge in [0, 0.05) is 31.5 Å². The fourth-order valence-corrected chi connectivity index (χ4v) is 4.67. The minimum atomic E-state index is -2.90. The van der Waals surface area contributed by atoms with Crippen LogP contribution in [-0.4, -0.2) is 39.9 Å². The molecule has 4 aliphatic heterocycles. The van der Waals surface area contributed by atoms with Crippen LogP contribution < -0.4 is 15.5 Å². The number of aromatic nitrogens is 3. The molecule has 0 amide bonds. The van der Waals surface area contributed by atoms with E-state index in [1.54, 1.807) is 13.8 Å². The van der Waals surface area contributed by atoms with E-state index in [0.717, 1.165) is 31.3 Å². The Morgan fingerprint density at radius 3 is 2.69 bits per heavy atom. The van der Waals surface area contributed by atoms with Gasteiger partial charge in [-0.3, -0.25) is 4.99 Å². The second-order valence-corrected chi connectivity index (χ2v) is 9.29. The molecule has 10 heteroatoms. The van der Waals surface area contributed by atoms with Gasteiger partial charge in [0.2, 0.25) is 0 Å². The van der Waals surface area contributed by atoms with Gasteiger partial charge in [-0.05, 0) is 26.8 Å². The molecule has 1 atom stereocenters. The van der Waals surface area contributed by atoms with Gasteiger partial charge in [-0.2, -0.15) is 0 Å². The molecule has 35 heavy (non-hydrogen) atoms. The molecule has 1 aromatic carbocycles. The summed E-state index contributed by atoms with van der Waals surface area (Å²) in [5, 5.41) is 3.39. The lowest BCUT2D eigenvalue weighted by atomic mass is 9.96. The topological polar surface area (TPSA) is 73.6 Å². The normalized spacial score (nSPS) is 18.5. The molecular weight excluding hydrogens is 459 g/mol. The monoisotopic (exact) mass is 487 g/mol.